The Bertz CT molecular complexity index is 254. The van der Waals surface area contributed by atoms with Gasteiger partial charge in [-0.05, 0) is 20.3 Å². The lowest BCUT2D eigenvalue weighted by atomic mass is 9.94. The molecule has 2 N–H and O–H groups in total. The Labute approximate surface area is 96.2 Å². The number of hydrogen-bond acceptors (Lipinski definition) is 3. The van der Waals surface area contributed by atoms with E-state index in [0.29, 0.717) is 6.42 Å². The largest absolute Gasteiger partial charge is 0.481 e. The van der Waals surface area contributed by atoms with E-state index in [1.807, 2.05) is 6.92 Å². The summed E-state index contributed by atoms with van der Waals surface area (Å²) in [6.45, 7) is 5.37. The smallest absolute Gasteiger partial charge is 0.305 e. The highest BCUT2D eigenvalue weighted by molar-refractivity contribution is 5.78. The van der Waals surface area contributed by atoms with Gasteiger partial charge in [-0.1, -0.05) is 6.92 Å². The number of rotatable bonds is 7. The summed E-state index contributed by atoms with van der Waals surface area (Å²) in [7, 11) is 1.54. The van der Waals surface area contributed by atoms with Crippen LogP contribution in [0.4, 0.5) is 0 Å². The summed E-state index contributed by atoms with van der Waals surface area (Å²) in [5.74, 6) is -1.09. The second-order valence-electron chi connectivity index (χ2n) is 4.28. The minimum atomic E-state index is -0.913. The Hall–Kier alpha value is -1.10. The van der Waals surface area contributed by atoms with Gasteiger partial charge < -0.3 is 15.2 Å². The Morgan fingerprint density at radius 1 is 1.50 bits per heavy atom. The van der Waals surface area contributed by atoms with E-state index in [2.05, 4.69) is 5.32 Å². The molecule has 0 aliphatic carbocycles. The molecule has 0 aromatic heterocycles. The van der Waals surface area contributed by atoms with Gasteiger partial charge >= 0.3 is 5.97 Å². The first kappa shape index (κ1) is 14.9. The predicted octanol–water partition coefficient (Wildman–Crippen LogP) is 1.17. The van der Waals surface area contributed by atoms with Crippen LogP contribution < -0.4 is 5.32 Å². The van der Waals surface area contributed by atoms with E-state index in [0.717, 1.165) is 0 Å². The lowest BCUT2D eigenvalue weighted by Crippen LogP contribution is -2.47. The average Bonchev–Trinajstić information content (AvgIpc) is 2.15. The maximum atomic E-state index is 11.6. The van der Waals surface area contributed by atoms with Crippen LogP contribution in [-0.2, 0) is 14.3 Å². The zero-order valence-electron chi connectivity index (χ0n) is 10.4. The monoisotopic (exact) mass is 231 g/mol. The average molecular weight is 231 g/mol. The van der Waals surface area contributed by atoms with Crippen molar-refractivity contribution in [3.8, 4) is 0 Å². The topological polar surface area (TPSA) is 75.6 Å². The zero-order valence-corrected chi connectivity index (χ0v) is 10.4. The van der Waals surface area contributed by atoms with Crippen LogP contribution in [-0.4, -0.2) is 35.7 Å². The molecule has 0 aromatic rings. The molecule has 0 fully saturated rings. The first-order chi connectivity index (χ1) is 7.33. The summed E-state index contributed by atoms with van der Waals surface area (Å²) in [5, 5.41) is 11.5. The molecule has 0 heterocycles. The lowest BCUT2D eigenvalue weighted by molar-refractivity contribution is -0.139. The molecule has 0 radical (unpaired) electrons. The van der Waals surface area contributed by atoms with Crippen molar-refractivity contribution in [1.29, 1.82) is 0 Å². The summed E-state index contributed by atoms with van der Waals surface area (Å²) in [6, 6.07) is 0. The van der Waals surface area contributed by atoms with E-state index in [4.69, 9.17) is 9.84 Å². The van der Waals surface area contributed by atoms with E-state index in [9.17, 15) is 9.59 Å². The van der Waals surface area contributed by atoms with Crippen molar-refractivity contribution in [3.63, 3.8) is 0 Å². The molecule has 0 rings (SSSR count). The number of hydrogen-bond donors (Lipinski definition) is 2. The van der Waals surface area contributed by atoms with Crippen LogP contribution in [0.5, 0.6) is 0 Å². The number of methoxy groups -OCH3 is 1. The summed E-state index contributed by atoms with van der Waals surface area (Å²) in [5.41, 5.74) is -0.684. The molecule has 5 heteroatoms. The number of aliphatic carboxylic acids is 1. The Kier molecular flexibility index (Phi) is 6.03. The van der Waals surface area contributed by atoms with Crippen molar-refractivity contribution in [1.82, 2.24) is 5.32 Å². The van der Waals surface area contributed by atoms with Crippen molar-refractivity contribution < 1.29 is 19.4 Å². The van der Waals surface area contributed by atoms with Crippen LogP contribution in [0.3, 0.4) is 0 Å². The van der Waals surface area contributed by atoms with Crippen molar-refractivity contribution in [2.24, 2.45) is 0 Å². The molecule has 0 aliphatic rings. The van der Waals surface area contributed by atoms with E-state index in [-0.39, 0.29) is 24.9 Å². The maximum absolute atomic E-state index is 11.6. The molecule has 0 saturated carbocycles. The standard InChI is InChI=1S/C11H21NO4/c1-5-11(3,7-10(14)15)12-9(13)6-8(2)16-4/h8H,5-7H2,1-4H3,(H,12,13)(H,14,15). The highest BCUT2D eigenvalue weighted by Gasteiger charge is 2.27. The minimum Gasteiger partial charge on any atom is -0.481 e. The number of carbonyl (C=O) groups excluding carboxylic acids is 1. The summed E-state index contributed by atoms with van der Waals surface area (Å²) >= 11 is 0. The molecule has 0 bridgehead atoms. The molecule has 0 saturated heterocycles. The second kappa shape index (κ2) is 6.48. The Morgan fingerprint density at radius 3 is 2.44 bits per heavy atom. The third-order valence-corrected chi connectivity index (χ3v) is 2.64. The maximum Gasteiger partial charge on any atom is 0.305 e. The fraction of sp³-hybridized carbons (Fsp3) is 0.818. The van der Waals surface area contributed by atoms with Gasteiger partial charge in [-0.3, -0.25) is 9.59 Å². The van der Waals surface area contributed by atoms with Gasteiger partial charge in [0.2, 0.25) is 5.91 Å². The fourth-order valence-corrected chi connectivity index (χ4v) is 1.32. The Morgan fingerprint density at radius 2 is 2.06 bits per heavy atom. The van der Waals surface area contributed by atoms with E-state index >= 15 is 0 Å². The van der Waals surface area contributed by atoms with E-state index in [1.165, 1.54) is 7.11 Å². The number of amides is 1. The number of carboxylic acids is 1. The predicted molar refractivity (Wildman–Crippen MR) is 60.2 cm³/mol. The van der Waals surface area contributed by atoms with Crippen LogP contribution in [0.1, 0.15) is 40.0 Å². The van der Waals surface area contributed by atoms with Gasteiger partial charge in [0.1, 0.15) is 0 Å². The molecule has 5 nitrogen and oxygen atoms in total. The van der Waals surface area contributed by atoms with Gasteiger partial charge in [-0.2, -0.15) is 0 Å². The van der Waals surface area contributed by atoms with Gasteiger partial charge in [0.15, 0.2) is 0 Å². The van der Waals surface area contributed by atoms with Gasteiger partial charge in [-0.15, -0.1) is 0 Å². The van der Waals surface area contributed by atoms with Crippen LogP contribution in [0.25, 0.3) is 0 Å². The highest BCUT2D eigenvalue weighted by Crippen LogP contribution is 2.14. The third kappa shape index (κ3) is 5.70. The van der Waals surface area contributed by atoms with Crippen LogP contribution >= 0.6 is 0 Å². The van der Waals surface area contributed by atoms with Gasteiger partial charge in [0.05, 0.1) is 18.9 Å². The molecule has 0 aromatic carbocycles. The molecule has 0 aliphatic heterocycles. The molecule has 94 valence electrons. The van der Waals surface area contributed by atoms with Crippen LogP contribution in [0.15, 0.2) is 0 Å². The van der Waals surface area contributed by atoms with E-state index < -0.39 is 11.5 Å². The van der Waals surface area contributed by atoms with E-state index in [1.54, 1.807) is 13.8 Å². The highest BCUT2D eigenvalue weighted by atomic mass is 16.5. The quantitative estimate of drug-likeness (QED) is 0.689. The van der Waals surface area contributed by atoms with Crippen molar-refractivity contribution >= 4 is 11.9 Å². The molecule has 0 spiro atoms. The van der Waals surface area contributed by atoms with Gasteiger partial charge in [-0.25, -0.2) is 0 Å². The summed E-state index contributed by atoms with van der Waals surface area (Å²) < 4.78 is 4.97. The first-order valence-electron chi connectivity index (χ1n) is 5.38. The van der Waals surface area contributed by atoms with Crippen LogP contribution in [0, 0.1) is 0 Å². The zero-order chi connectivity index (χ0) is 12.8. The first-order valence-corrected chi connectivity index (χ1v) is 5.38. The third-order valence-electron chi connectivity index (χ3n) is 2.64. The molecular formula is C11H21NO4. The van der Waals surface area contributed by atoms with Crippen LogP contribution in [0.2, 0.25) is 0 Å². The van der Waals surface area contributed by atoms with Crippen molar-refractivity contribution in [2.75, 3.05) is 7.11 Å². The summed E-state index contributed by atoms with van der Waals surface area (Å²) in [6.07, 6.45) is 0.584. The number of nitrogens with one attached hydrogen (secondary N) is 1. The summed E-state index contributed by atoms with van der Waals surface area (Å²) in [4.78, 5) is 22.2. The molecule has 16 heavy (non-hydrogen) atoms. The molecular weight excluding hydrogens is 210 g/mol. The van der Waals surface area contributed by atoms with Crippen molar-refractivity contribution in [3.05, 3.63) is 0 Å². The normalized spacial score (nSPS) is 16.2. The number of carboxylic acid groups (broad SMARTS) is 1. The molecule has 2 unspecified atom stereocenters. The molecule has 1 amide bonds. The fourth-order valence-electron chi connectivity index (χ4n) is 1.32. The lowest BCUT2D eigenvalue weighted by Gasteiger charge is -2.28. The SMILES string of the molecule is CCC(C)(CC(=O)O)NC(=O)CC(C)OC. The second-order valence-corrected chi connectivity index (χ2v) is 4.28. The number of carbonyl (C=O) groups is 2. The van der Waals surface area contributed by atoms with Crippen molar-refractivity contribution in [2.45, 2.75) is 51.7 Å². The number of ether oxygens (including phenoxy) is 1. The Balaban J connectivity index is 4.30. The minimum absolute atomic E-state index is 0.0728. The van der Waals surface area contributed by atoms with Gasteiger partial charge in [0, 0.05) is 12.6 Å². The molecule has 2 atom stereocenters. The van der Waals surface area contributed by atoms with Gasteiger partial charge in [0.25, 0.3) is 0 Å².